The summed E-state index contributed by atoms with van der Waals surface area (Å²) in [6.45, 7) is 9.63. The maximum atomic E-state index is 13.0. The van der Waals surface area contributed by atoms with Crippen molar-refractivity contribution in [2.24, 2.45) is 11.8 Å². The number of hydrogen-bond acceptors (Lipinski definition) is 7. The van der Waals surface area contributed by atoms with E-state index in [0.717, 1.165) is 51.9 Å². The zero-order valence-corrected chi connectivity index (χ0v) is 72.3. The molecule has 2 fully saturated rings. The minimum Gasteiger partial charge on any atom is -0.314 e. The molecular weight excluding hydrogens is 1310 g/mol. The van der Waals surface area contributed by atoms with Crippen LogP contribution in [0.3, 0.4) is 0 Å². The van der Waals surface area contributed by atoms with E-state index in [-0.39, 0.29) is 35.5 Å². The van der Waals surface area contributed by atoms with E-state index in [1.165, 1.54) is 472 Å². The van der Waals surface area contributed by atoms with Crippen LogP contribution in [0, 0.1) is 11.8 Å². The van der Waals surface area contributed by atoms with Gasteiger partial charge in [0.15, 0.2) is 0 Å². The molecule has 9 nitrogen and oxygen atoms in total. The Bertz CT molecular complexity index is 1940. The summed E-state index contributed by atoms with van der Waals surface area (Å²) in [7, 11) is 0. The normalized spacial score (nSPS) is 15.0. The number of carbonyl (C=O) groups is 4. The molecule has 0 aromatic heterocycles. The number of likely N-dealkylation sites (tertiary alicyclic amines) is 2. The summed E-state index contributed by atoms with van der Waals surface area (Å²) < 4.78 is 0. The molecule has 2 heterocycles. The molecule has 0 aromatic rings. The molecule has 2 aliphatic rings. The van der Waals surface area contributed by atoms with Crippen molar-refractivity contribution < 1.29 is 19.2 Å². The lowest BCUT2D eigenvalue weighted by atomic mass is 10.0. The van der Waals surface area contributed by atoms with Crippen LogP contribution in [0.15, 0.2) is 24.3 Å². The highest BCUT2D eigenvalue weighted by Gasteiger charge is 2.37. The van der Waals surface area contributed by atoms with Crippen LogP contribution in [-0.2, 0) is 19.2 Å². The Hall–Kier alpha value is -2.36. The molecule has 3 N–H and O–H groups in total. The van der Waals surface area contributed by atoms with Gasteiger partial charge in [0, 0.05) is 65.2 Å². The van der Waals surface area contributed by atoms with E-state index in [1.54, 1.807) is 0 Å². The van der Waals surface area contributed by atoms with E-state index in [1.807, 2.05) is 12.2 Å². The fraction of sp³-hybridized carbons (Fsp3) is 0.918. The van der Waals surface area contributed by atoms with Gasteiger partial charge in [0.1, 0.15) is 0 Å². The van der Waals surface area contributed by atoms with Crippen molar-refractivity contribution in [3.05, 3.63) is 24.3 Å². The van der Waals surface area contributed by atoms with Crippen molar-refractivity contribution in [1.82, 2.24) is 25.8 Å². The molecule has 0 radical (unpaired) electrons. The Morgan fingerprint density at radius 3 is 0.542 bits per heavy atom. The minimum atomic E-state index is -0.309. The number of hydrogen-bond donors (Lipinski definition) is 3. The van der Waals surface area contributed by atoms with E-state index in [9.17, 15) is 19.2 Å². The first-order valence-electron chi connectivity index (χ1n) is 49.1. The zero-order valence-electron chi connectivity index (χ0n) is 72.3. The molecule has 2 saturated heterocycles. The Balaban J connectivity index is 1.23. The largest absolute Gasteiger partial charge is 0.314 e. The van der Waals surface area contributed by atoms with Crippen LogP contribution in [0.25, 0.3) is 0 Å². The van der Waals surface area contributed by atoms with E-state index in [0.29, 0.717) is 39.0 Å². The average Bonchev–Trinajstić information content (AvgIpc) is 1.71. The molecule has 0 spiro atoms. The second-order valence-electron chi connectivity index (χ2n) is 34.5. The van der Waals surface area contributed by atoms with Crippen LogP contribution in [0.5, 0.6) is 0 Å². The molecule has 2 unspecified atom stereocenters. The van der Waals surface area contributed by atoms with Crippen molar-refractivity contribution in [2.45, 2.75) is 515 Å². The predicted molar refractivity (Wildman–Crippen MR) is 469 cm³/mol. The summed E-state index contributed by atoms with van der Waals surface area (Å²) in [5.74, 6) is -0.849. The van der Waals surface area contributed by atoms with Crippen LogP contribution in [-0.4, -0.2) is 85.8 Å². The third-order valence-electron chi connectivity index (χ3n) is 24.2. The number of carbonyl (C=O) groups excluding carboxylic acids is 4. The van der Waals surface area contributed by atoms with Crippen molar-refractivity contribution in [3.8, 4) is 0 Å². The van der Waals surface area contributed by atoms with Crippen LogP contribution >= 0.6 is 0 Å². The molecular formula is C98H187N5O4. The predicted octanol–water partition coefficient (Wildman–Crippen LogP) is 29.3. The van der Waals surface area contributed by atoms with Gasteiger partial charge in [-0.3, -0.25) is 29.0 Å². The van der Waals surface area contributed by atoms with Crippen molar-refractivity contribution in [2.75, 3.05) is 52.4 Å². The number of nitrogens with zero attached hydrogens (tertiary/aromatic N) is 2. The highest BCUT2D eigenvalue weighted by atomic mass is 16.2. The first kappa shape index (κ1) is 101. The zero-order chi connectivity index (χ0) is 76.4. The number of rotatable bonds is 90. The molecule has 0 aliphatic carbocycles. The standard InChI is InChI=1S/C98H187N5O4/c1-3-5-7-9-11-13-15-17-19-21-23-25-27-29-31-33-35-37-39-41-42-43-44-45-46-48-50-52-54-56-58-60-62-64-66-68-70-72-74-76-78-80-82-94-92-96(105)103(98(94)107)90-88-101-86-84-99-83-85-100-87-89-102-95(104)91-93(97(102)106)81-79-77-75-73-71-69-67-65-63-61-59-57-55-53-51-49-47-40-38-36-34-32-30-28-26-24-22-20-18-16-14-12-10-8-6-4-2/h79-82,93-94,99-101H,3-78,83-92H2,1-2H3/b81-79+,82-80+. The smallest absolute Gasteiger partial charge is 0.236 e. The van der Waals surface area contributed by atoms with Gasteiger partial charge in [0.05, 0.1) is 11.8 Å². The Labute approximate surface area is 668 Å². The molecule has 628 valence electrons. The first-order valence-corrected chi connectivity index (χ1v) is 49.1. The molecule has 0 bridgehead atoms. The maximum Gasteiger partial charge on any atom is 0.236 e. The van der Waals surface area contributed by atoms with Crippen molar-refractivity contribution in [1.29, 1.82) is 0 Å². The van der Waals surface area contributed by atoms with Gasteiger partial charge in [0.2, 0.25) is 23.6 Å². The van der Waals surface area contributed by atoms with Crippen LogP contribution in [0.4, 0.5) is 0 Å². The summed E-state index contributed by atoms with van der Waals surface area (Å²) >= 11 is 0. The molecule has 9 heteroatoms. The van der Waals surface area contributed by atoms with Gasteiger partial charge in [-0.1, -0.05) is 500 Å². The number of amides is 4. The quantitative estimate of drug-likeness (QED) is 0.0316. The molecule has 0 aromatic carbocycles. The van der Waals surface area contributed by atoms with Crippen LogP contribution in [0.2, 0.25) is 0 Å². The maximum absolute atomic E-state index is 13.0. The molecule has 107 heavy (non-hydrogen) atoms. The van der Waals surface area contributed by atoms with Gasteiger partial charge in [-0.15, -0.1) is 0 Å². The van der Waals surface area contributed by atoms with Gasteiger partial charge < -0.3 is 16.0 Å². The van der Waals surface area contributed by atoms with Crippen LogP contribution < -0.4 is 16.0 Å². The number of allylic oxidation sites excluding steroid dienone is 2. The third-order valence-corrected chi connectivity index (χ3v) is 24.2. The first-order chi connectivity index (χ1) is 53.0. The second kappa shape index (κ2) is 83.1. The van der Waals surface area contributed by atoms with Crippen molar-refractivity contribution >= 4 is 23.6 Å². The summed E-state index contributed by atoms with van der Waals surface area (Å²) in [5.41, 5.74) is 0. The van der Waals surface area contributed by atoms with E-state index in [2.05, 4.69) is 41.9 Å². The third kappa shape index (κ3) is 67.8. The van der Waals surface area contributed by atoms with Gasteiger partial charge in [-0.05, 0) is 25.7 Å². The summed E-state index contributed by atoms with van der Waals surface area (Å²) in [6.07, 6.45) is 117. The SMILES string of the molecule is CCCCCCCCCCCCCCCCCCCCCCCCCCCCCCCCCCCC/C=C/C1CC(=O)N(CCNCCNCCNCCN2C(=O)CC(/C=C/CCCCCCCCCCCCCCCCCCCCCCCCCCCCCCCCCCCCCCCCCC)C2=O)C1=O. The lowest BCUT2D eigenvalue weighted by molar-refractivity contribution is -0.140. The molecule has 4 amide bonds. The average molecular weight is 1500 g/mol. The summed E-state index contributed by atoms with van der Waals surface area (Å²) in [5, 5.41) is 10.1. The molecule has 2 rings (SSSR count). The van der Waals surface area contributed by atoms with Crippen molar-refractivity contribution in [3.63, 3.8) is 0 Å². The minimum absolute atomic E-state index is 0.0545. The Morgan fingerprint density at radius 2 is 0.374 bits per heavy atom. The Kier molecular flexibility index (Phi) is 78.2. The van der Waals surface area contributed by atoms with E-state index >= 15 is 0 Å². The lowest BCUT2D eigenvalue weighted by Crippen LogP contribution is -2.40. The van der Waals surface area contributed by atoms with Gasteiger partial charge >= 0.3 is 0 Å². The van der Waals surface area contributed by atoms with E-state index in [4.69, 9.17) is 0 Å². The van der Waals surface area contributed by atoms with Crippen LogP contribution in [0.1, 0.15) is 515 Å². The molecule has 0 saturated carbocycles. The highest BCUT2D eigenvalue weighted by molar-refractivity contribution is 6.05. The van der Waals surface area contributed by atoms with Gasteiger partial charge in [-0.25, -0.2) is 0 Å². The van der Waals surface area contributed by atoms with Gasteiger partial charge in [0.25, 0.3) is 0 Å². The highest BCUT2D eigenvalue weighted by Crippen LogP contribution is 2.25. The monoisotopic (exact) mass is 1500 g/mol. The molecule has 2 aliphatic heterocycles. The fourth-order valence-corrected chi connectivity index (χ4v) is 16.9. The number of nitrogens with one attached hydrogen (secondary N) is 3. The fourth-order valence-electron chi connectivity index (χ4n) is 16.9. The number of unbranched alkanes of at least 4 members (excludes halogenated alkanes) is 74. The lowest BCUT2D eigenvalue weighted by Gasteiger charge is -2.15. The summed E-state index contributed by atoms with van der Waals surface area (Å²) in [6, 6.07) is 0. The summed E-state index contributed by atoms with van der Waals surface area (Å²) in [4.78, 5) is 54.4. The molecule has 2 atom stereocenters. The van der Waals surface area contributed by atoms with E-state index < -0.39 is 0 Å². The van der Waals surface area contributed by atoms with Gasteiger partial charge in [-0.2, -0.15) is 0 Å². The Morgan fingerprint density at radius 1 is 0.224 bits per heavy atom. The second-order valence-corrected chi connectivity index (χ2v) is 34.5. The topological polar surface area (TPSA) is 111 Å². The number of imide groups is 2.